The number of aromatic nitrogens is 1. The standard InChI is InChI=1S/C23H28N2O2/c1-16-10-11-21-20(12-16)18(15-24-21)14-19(13-17-8-6-5-7-9-17)25-22(26)27-23(2,3)4/h5-12,15,19,24H,13-14H2,1-4H3,(H,25,26)/t19-/m1/s1. The van der Waals surface area contributed by atoms with Crippen molar-refractivity contribution in [1.82, 2.24) is 10.3 Å². The molecule has 3 rings (SSSR count). The summed E-state index contributed by atoms with van der Waals surface area (Å²) in [6, 6.07) is 16.6. The topological polar surface area (TPSA) is 54.1 Å². The molecule has 0 aliphatic carbocycles. The zero-order valence-electron chi connectivity index (χ0n) is 16.5. The minimum atomic E-state index is -0.515. The maximum atomic E-state index is 12.4. The van der Waals surface area contributed by atoms with Crippen LogP contribution in [-0.4, -0.2) is 22.7 Å². The minimum absolute atomic E-state index is 0.0539. The fraction of sp³-hybridized carbons (Fsp3) is 0.348. The summed E-state index contributed by atoms with van der Waals surface area (Å²) in [7, 11) is 0. The number of alkyl carbamates (subject to hydrolysis) is 1. The monoisotopic (exact) mass is 364 g/mol. The Bertz CT molecular complexity index is 907. The van der Waals surface area contributed by atoms with Crippen LogP contribution in [-0.2, 0) is 17.6 Å². The SMILES string of the molecule is Cc1ccc2[nH]cc(C[C@@H](Cc3ccccc3)NC(=O)OC(C)(C)C)c2c1. The number of benzene rings is 2. The van der Waals surface area contributed by atoms with Gasteiger partial charge in [0.25, 0.3) is 0 Å². The molecule has 4 nitrogen and oxygen atoms in total. The van der Waals surface area contributed by atoms with E-state index in [4.69, 9.17) is 4.74 Å². The number of carbonyl (C=O) groups is 1. The Morgan fingerprint density at radius 3 is 2.56 bits per heavy atom. The van der Waals surface area contributed by atoms with Gasteiger partial charge in [-0.05, 0) is 63.8 Å². The molecule has 4 heteroatoms. The molecule has 0 saturated carbocycles. The Kier molecular flexibility index (Phi) is 5.54. The van der Waals surface area contributed by atoms with Crippen LogP contribution < -0.4 is 5.32 Å². The first kappa shape index (κ1) is 19.0. The number of hydrogen-bond donors (Lipinski definition) is 2. The van der Waals surface area contributed by atoms with E-state index in [9.17, 15) is 4.79 Å². The predicted molar refractivity (Wildman–Crippen MR) is 110 cm³/mol. The molecule has 0 bridgehead atoms. The number of aromatic amines is 1. The number of ether oxygens (including phenoxy) is 1. The molecule has 142 valence electrons. The number of amides is 1. The average molecular weight is 364 g/mol. The zero-order chi connectivity index (χ0) is 19.4. The van der Waals surface area contributed by atoms with Gasteiger partial charge >= 0.3 is 6.09 Å². The average Bonchev–Trinajstić information content (AvgIpc) is 2.96. The summed E-state index contributed by atoms with van der Waals surface area (Å²) < 4.78 is 5.47. The molecule has 0 unspecified atom stereocenters. The van der Waals surface area contributed by atoms with Gasteiger partial charge in [-0.25, -0.2) is 4.79 Å². The number of hydrogen-bond acceptors (Lipinski definition) is 2. The maximum absolute atomic E-state index is 12.4. The largest absolute Gasteiger partial charge is 0.444 e. The number of fused-ring (bicyclic) bond motifs is 1. The van der Waals surface area contributed by atoms with E-state index in [-0.39, 0.29) is 12.1 Å². The van der Waals surface area contributed by atoms with Gasteiger partial charge in [-0.3, -0.25) is 0 Å². The van der Waals surface area contributed by atoms with E-state index in [1.807, 2.05) is 45.2 Å². The second-order valence-corrected chi connectivity index (χ2v) is 8.10. The lowest BCUT2D eigenvalue weighted by molar-refractivity contribution is 0.0504. The molecule has 1 heterocycles. The minimum Gasteiger partial charge on any atom is -0.444 e. The number of nitrogens with one attached hydrogen (secondary N) is 2. The lowest BCUT2D eigenvalue weighted by atomic mass is 9.98. The van der Waals surface area contributed by atoms with Crippen LogP contribution in [0.2, 0.25) is 0 Å². The van der Waals surface area contributed by atoms with Crippen molar-refractivity contribution in [3.63, 3.8) is 0 Å². The summed E-state index contributed by atoms with van der Waals surface area (Å²) in [5.41, 5.74) is 4.22. The van der Waals surface area contributed by atoms with Gasteiger partial charge < -0.3 is 15.0 Å². The van der Waals surface area contributed by atoms with Crippen LogP contribution in [0.15, 0.2) is 54.7 Å². The smallest absolute Gasteiger partial charge is 0.407 e. The van der Waals surface area contributed by atoms with Gasteiger partial charge in [-0.2, -0.15) is 0 Å². The summed E-state index contributed by atoms with van der Waals surface area (Å²) in [5, 5.41) is 4.27. The first-order chi connectivity index (χ1) is 12.8. The van der Waals surface area contributed by atoms with Gasteiger partial charge in [0.15, 0.2) is 0 Å². The molecule has 3 aromatic rings. The third kappa shape index (κ3) is 5.36. The summed E-state index contributed by atoms with van der Waals surface area (Å²) in [4.78, 5) is 15.7. The van der Waals surface area contributed by atoms with E-state index >= 15 is 0 Å². The van der Waals surface area contributed by atoms with E-state index in [1.165, 1.54) is 22.1 Å². The van der Waals surface area contributed by atoms with Gasteiger partial charge in [0.2, 0.25) is 0 Å². The van der Waals surface area contributed by atoms with Gasteiger partial charge in [-0.15, -0.1) is 0 Å². The van der Waals surface area contributed by atoms with Crippen molar-refractivity contribution in [3.05, 3.63) is 71.4 Å². The molecule has 1 aromatic heterocycles. The molecule has 27 heavy (non-hydrogen) atoms. The molecule has 2 N–H and O–H groups in total. The van der Waals surface area contributed by atoms with E-state index in [2.05, 4.69) is 47.6 Å². The first-order valence-corrected chi connectivity index (χ1v) is 9.40. The highest BCUT2D eigenvalue weighted by Gasteiger charge is 2.21. The molecule has 0 aliphatic heterocycles. The molecule has 1 atom stereocenters. The Hall–Kier alpha value is -2.75. The number of aryl methyl sites for hydroxylation is 1. The third-order valence-corrected chi connectivity index (χ3v) is 4.44. The van der Waals surface area contributed by atoms with Crippen molar-refractivity contribution in [2.75, 3.05) is 0 Å². The van der Waals surface area contributed by atoms with Crippen molar-refractivity contribution >= 4 is 17.0 Å². The molecule has 0 aliphatic rings. The van der Waals surface area contributed by atoms with Crippen LogP contribution in [0.3, 0.4) is 0 Å². The van der Waals surface area contributed by atoms with E-state index in [1.54, 1.807) is 0 Å². The highest BCUT2D eigenvalue weighted by Crippen LogP contribution is 2.22. The Balaban J connectivity index is 1.82. The van der Waals surface area contributed by atoms with Crippen molar-refractivity contribution in [1.29, 1.82) is 0 Å². The van der Waals surface area contributed by atoms with E-state index in [0.29, 0.717) is 0 Å². The van der Waals surface area contributed by atoms with Crippen LogP contribution in [0, 0.1) is 6.92 Å². The fourth-order valence-corrected chi connectivity index (χ4v) is 3.27. The highest BCUT2D eigenvalue weighted by molar-refractivity contribution is 5.84. The molecule has 0 fully saturated rings. The number of H-pyrrole nitrogens is 1. The van der Waals surface area contributed by atoms with E-state index in [0.717, 1.165) is 18.4 Å². The van der Waals surface area contributed by atoms with Crippen molar-refractivity contribution in [2.24, 2.45) is 0 Å². The molecule has 0 saturated heterocycles. The first-order valence-electron chi connectivity index (χ1n) is 9.40. The van der Waals surface area contributed by atoms with Crippen LogP contribution in [0.25, 0.3) is 10.9 Å². The molecule has 0 radical (unpaired) electrons. The zero-order valence-corrected chi connectivity index (χ0v) is 16.5. The third-order valence-electron chi connectivity index (χ3n) is 4.44. The van der Waals surface area contributed by atoms with E-state index < -0.39 is 5.60 Å². The van der Waals surface area contributed by atoms with Crippen LogP contribution >= 0.6 is 0 Å². The number of carbonyl (C=O) groups excluding carboxylic acids is 1. The highest BCUT2D eigenvalue weighted by atomic mass is 16.6. The fourth-order valence-electron chi connectivity index (χ4n) is 3.27. The normalized spacial score (nSPS) is 12.7. The molecule has 0 spiro atoms. The summed E-state index contributed by atoms with van der Waals surface area (Å²) >= 11 is 0. The van der Waals surface area contributed by atoms with Crippen LogP contribution in [0.5, 0.6) is 0 Å². The maximum Gasteiger partial charge on any atom is 0.407 e. The second kappa shape index (κ2) is 7.87. The predicted octanol–water partition coefficient (Wildman–Crippen LogP) is 5.15. The lowest BCUT2D eigenvalue weighted by Gasteiger charge is -2.24. The van der Waals surface area contributed by atoms with Gasteiger partial charge in [0, 0.05) is 23.1 Å². The van der Waals surface area contributed by atoms with Crippen molar-refractivity contribution < 1.29 is 9.53 Å². The molecule has 2 aromatic carbocycles. The van der Waals surface area contributed by atoms with Gasteiger partial charge in [0.1, 0.15) is 5.60 Å². The van der Waals surface area contributed by atoms with Crippen molar-refractivity contribution in [3.8, 4) is 0 Å². The Morgan fingerprint density at radius 1 is 1.11 bits per heavy atom. The van der Waals surface area contributed by atoms with Gasteiger partial charge in [-0.1, -0.05) is 42.0 Å². The summed E-state index contributed by atoms with van der Waals surface area (Å²) in [6.07, 6.45) is 3.15. The Labute approximate surface area is 160 Å². The van der Waals surface area contributed by atoms with Crippen molar-refractivity contribution in [2.45, 2.75) is 52.2 Å². The summed E-state index contributed by atoms with van der Waals surface area (Å²) in [5.74, 6) is 0. The number of rotatable bonds is 5. The lowest BCUT2D eigenvalue weighted by Crippen LogP contribution is -2.41. The quantitative estimate of drug-likeness (QED) is 0.657. The molecule has 1 amide bonds. The van der Waals surface area contributed by atoms with Crippen LogP contribution in [0.4, 0.5) is 4.79 Å². The summed E-state index contributed by atoms with van der Waals surface area (Å²) in [6.45, 7) is 7.72. The molecular formula is C23H28N2O2. The molecular weight excluding hydrogens is 336 g/mol. The van der Waals surface area contributed by atoms with Crippen LogP contribution in [0.1, 0.15) is 37.5 Å². The van der Waals surface area contributed by atoms with Gasteiger partial charge in [0.05, 0.1) is 0 Å². The Morgan fingerprint density at radius 2 is 1.85 bits per heavy atom. The second-order valence-electron chi connectivity index (χ2n) is 8.10.